The highest BCUT2D eigenvalue weighted by atomic mass is 16.3. The normalized spacial score (nSPS) is 10.5. The molecule has 0 atom stereocenters. The van der Waals surface area contributed by atoms with Crippen LogP contribution >= 0.6 is 0 Å². The molecule has 0 saturated heterocycles. The Hall–Kier alpha value is -3.91. The maximum Gasteiger partial charge on any atom is 0.255 e. The van der Waals surface area contributed by atoms with E-state index in [1.54, 1.807) is 30.3 Å². The van der Waals surface area contributed by atoms with E-state index in [0.29, 0.717) is 17.1 Å². The largest absolute Gasteiger partial charge is 0.436 e. The number of carbonyl (C=O) groups excluding carboxylic acids is 1. The van der Waals surface area contributed by atoms with Crippen molar-refractivity contribution in [3.8, 4) is 17.5 Å². The van der Waals surface area contributed by atoms with Gasteiger partial charge in [-0.15, -0.1) is 0 Å². The summed E-state index contributed by atoms with van der Waals surface area (Å²) in [5.41, 5.74) is 4.39. The van der Waals surface area contributed by atoms with Crippen molar-refractivity contribution in [2.45, 2.75) is 6.42 Å². The van der Waals surface area contributed by atoms with Gasteiger partial charge in [-0.05, 0) is 54.1 Å². The fraction of sp³-hybridized carbons (Fsp3) is 0.0455. The van der Waals surface area contributed by atoms with Gasteiger partial charge in [0.1, 0.15) is 5.52 Å². The number of nitrogens with one attached hydrogen (secondary N) is 1. The van der Waals surface area contributed by atoms with E-state index in [1.807, 2.05) is 42.5 Å². The molecule has 130 valence electrons. The summed E-state index contributed by atoms with van der Waals surface area (Å²) in [4.78, 5) is 16.9. The van der Waals surface area contributed by atoms with Gasteiger partial charge < -0.3 is 9.73 Å². The summed E-state index contributed by atoms with van der Waals surface area (Å²) in [5, 5.41) is 11.6. The number of fused-ring (bicyclic) bond motifs is 1. The Morgan fingerprint density at radius 2 is 1.85 bits per heavy atom. The highest BCUT2D eigenvalue weighted by Crippen LogP contribution is 2.25. The molecular weight excluding hydrogens is 338 g/mol. The first-order chi connectivity index (χ1) is 13.2. The molecular formula is C22H15N3O2. The average molecular weight is 353 g/mol. The third kappa shape index (κ3) is 3.55. The lowest BCUT2D eigenvalue weighted by atomic mass is 10.1. The van der Waals surface area contributed by atoms with Crippen LogP contribution in [0.1, 0.15) is 15.9 Å². The third-order valence-corrected chi connectivity index (χ3v) is 4.16. The van der Waals surface area contributed by atoms with Gasteiger partial charge in [0.25, 0.3) is 5.91 Å². The Labute approximate surface area is 155 Å². The number of benzene rings is 3. The summed E-state index contributed by atoms with van der Waals surface area (Å²) in [7, 11) is 0. The van der Waals surface area contributed by atoms with E-state index in [0.717, 1.165) is 22.2 Å². The molecule has 4 rings (SSSR count). The van der Waals surface area contributed by atoms with Crippen molar-refractivity contribution in [1.82, 2.24) is 4.98 Å². The zero-order valence-electron chi connectivity index (χ0n) is 14.3. The number of oxazole rings is 1. The number of hydrogen-bond acceptors (Lipinski definition) is 4. The standard InChI is InChI=1S/C22H15N3O2/c23-13-12-15-4-3-5-17(14-15)21(26)24-18-10-8-16(9-11-18)22-25-19-6-1-2-7-20(19)27-22/h1-11,14H,12H2,(H,24,26). The van der Waals surface area contributed by atoms with E-state index in [1.165, 1.54) is 0 Å². The number of hydrogen-bond donors (Lipinski definition) is 1. The van der Waals surface area contributed by atoms with Gasteiger partial charge in [-0.3, -0.25) is 4.79 Å². The van der Waals surface area contributed by atoms with Gasteiger partial charge in [0, 0.05) is 16.8 Å². The van der Waals surface area contributed by atoms with Crippen LogP contribution in [0.3, 0.4) is 0 Å². The summed E-state index contributed by atoms with van der Waals surface area (Å²) in [6.07, 6.45) is 0.278. The number of para-hydroxylation sites is 2. The fourth-order valence-corrected chi connectivity index (χ4v) is 2.81. The number of rotatable bonds is 4. The molecule has 0 unspecified atom stereocenters. The van der Waals surface area contributed by atoms with Crippen molar-refractivity contribution in [3.63, 3.8) is 0 Å². The Balaban J connectivity index is 1.51. The molecule has 0 bridgehead atoms. The SMILES string of the molecule is N#CCc1cccc(C(=O)Nc2ccc(-c3nc4ccccc4o3)cc2)c1. The molecule has 1 aromatic heterocycles. The molecule has 3 aromatic carbocycles. The van der Waals surface area contributed by atoms with Crippen LogP contribution in [-0.4, -0.2) is 10.9 Å². The predicted octanol–water partition coefficient (Wildman–Crippen LogP) is 4.81. The molecule has 0 spiro atoms. The van der Waals surface area contributed by atoms with E-state index in [2.05, 4.69) is 16.4 Å². The molecule has 0 fully saturated rings. The van der Waals surface area contributed by atoms with Crippen molar-refractivity contribution >= 4 is 22.7 Å². The predicted molar refractivity (Wildman–Crippen MR) is 103 cm³/mol. The number of nitriles is 1. The van der Waals surface area contributed by atoms with Crippen LogP contribution in [0.25, 0.3) is 22.6 Å². The summed E-state index contributed by atoms with van der Waals surface area (Å²) in [6, 6.07) is 24.1. The van der Waals surface area contributed by atoms with Crippen molar-refractivity contribution in [3.05, 3.63) is 83.9 Å². The van der Waals surface area contributed by atoms with Crippen LogP contribution in [0.15, 0.2) is 77.2 Å². The molecule has 5 heteroatoms. The number of anilines is 1. The molecule has 5 nitrogen and oxygen atoms in total. The molecule has 0 aliphatic heterocycles. The van der Waals surface area contributed by atoms with E-state index >= 15 is 0 Å². The molecule has 1 N–H and O–H groups in total. The maximum absolute atomic E-state index is 12.4. The molecule has 0 aliphatic carbocycles. The quantitative estimate of drug-likeness (QED) is 0.571. The van der Waals surface area contributed by atoms with Crippen molar-refractivity contribution in [1.29, 1.82) is 5.26 Å². The molecule has 0 saturated carbocycles. The lowest BCUT2D eigenvalue weighted by molar-refractivity contribution is 0.102. The smallest absolute Gasteiger partial charge is 0.255 e. The van der Waals surface area contributed by atoms with E-state index in [9.17, 15) is 4.79 Å². The van der Waals surface area contributed by atoms with Crippen LogP contribution in [0.5, 0.6) is 0 Å². The summed E-state index contributed by atoms with van der Waals surface area (Å²) >= 11 is 0. The first kappa shape index (κ1) is 16.6. The Morgan fingerprint density at radius 3 is 2.63 bits per heavy atom. The van der Waals surface area contributed by atoms with Gasteiger partial charge in [-0.25, -0.2) is 4.98 Å². The summed E-state index contributed by atoms with van der Waals surface area (Å²) < 4.78 is 5.76. The number of nitrogens with zero attached hydrogens (tertiary/aromatic N) is 2. The van der Waals surface area contributed by atoms with Gasteiger partial charge in [0.2, 0.25) is 5.89 Å². The molecule has 1 heterocycles. The minimum Gasteiger partial charge on any atom is -0.436 e. The van der Waals surface area contributed by atoms with Crippen LogP contribution in [0, 0.1) is 11.3 Å². The van der Waals surface area contributed by atoms with Crippen LogP contribution in [-0.2, 0) is 6.42 Å². The van der Waals surface area contributed by atoms with Gasteiger partial charge in [0.05, 0.1) is 12.5 Å². The molecule has 1 amide bonds. The molecule has 0 aliphatic rings. The first-order valence-electron chi connectivity index (χ1n) is 8.46. The average Bonchev–Trinajstić information content (AvgIpc) is 3.13. The lowest BCUT2D eigenvalue weighted by Gasteiger charge is -2.06. The second-order valence-corrected chi connectivity index (χ2v) is 6.05. The second kappa shape index (κ2) is 7.14. The first-order valence-corrected chi connectivity index (χ1v) is 8.46. The van der Waals surface area contributed by atoms with E-state index < -0.39 is 0 Å². The minimum absolute atomic E-state index is 0.218. The van der Waals surface area contributed by atoms with Gasteiger partial charge in [-0.2, -0.15) is 5.26 Å². The number of carbonyl (C=O) groups is 1. The number of aromatic nitrogens is 1. The summed E-state index contributed by atoms with van der Waals surface area (Å²) in [5.74, 6) is 0.322. The fourth-order valence-electron chi connectivity index (χ4n) is 2.81. The van der Waals surface area contributed by atoms with Crippen molar-refractivity contribution in [2.24, 2.45) is 0 Å². The minimum atomic E-state index is -0.218. The number of amides is 1. The molecule has 0 radical (unpaired) electrons. The zero-order valence-corrected chi connectivity index (χ0v) is 14.3. The van der Waals surface area contributed by atoms with Crippen LogP contribution < -0.4 is 5.32 Å². The van der Waals surface area contributed by atoms with Gasteiger partial charge in [-0.1, -0.05) is 24.3 Å². The lowest BCUT2D eigenvalue weighted by Crippen LogP contribution is -2.12. The van der Waals surface area contributed by atoms with Crippen LogP contribution in [0.4, 0.5) is 5.69 Å². The third-order valence-electron chi connectivity index (χ3n) is 4.16. The molecule has 4 aromatic rings. The van der Waals surface area contributed by atoms with E-state index in [-0.39, 0.29) is 12.3 Å². The van der Waals surface area contributed by atoms with E-state index in [4.69, 9.17) is 9.68 Å². The van der Waals surface area contributed by atoms with Crippen LogP contribution in [0.2, 0.25) is 0 Å². The Bertz CT molecular complexity index is 1120. The van der Waals surface area contributed by atoms with Gasteiger partial charge in [0.15, 0.2) is 5.58 Å². The Morgan fingerprint density at radius 1 is 1.04 bits per heavy atom. The molecule has 27 heavy (non-hydrogen) atoms. The summed E-state index contributed by atoms with van der Waals surface area (Å²) in [6.45, 7) is 0. The topological polar surface area (TPSA) is 78.9 Å². The monoisotopic (exact) mass is 353 g/mol. The Kier molecular flexibility index (Phi) is 4.38. The highest BCUT2D eigenvalue weighted by Gasteiger charge is 2.10. The second-order valence-electron chi connectivity index (χ2n) is 6.05. The maximum atomic E-state index is 12.4. The van der Waals surface area contributed by atoms with Crippen molar-refractivity contribution in [2.75, 3.05) is 5.32 Å². The van der Waals surface area contributed by atoms with Crippen molar-refractivity contribution < 1.29 is 9.21 Å². The van der Waals surface area contributed by atoms with Gasteiger partial charge >= 0.3 is 0 Å². The highest BCUT2D eigenvalue weighted by molar-refractivity contribution is 6.04. The zero-order chi connectivity index (χ0) is 18.6.